The topological polar surface area (TPSA) is 24.9 Å². The third-order valence-corrected chi connectivity index (χ3v) is 4.61. The van der Waals surface area contributed by atoms with E-state index in [0.29, 0.717) is 5.92 Å². The average molecular weight is 290 g/mol. The highest BCUT2D eigenvalue weighted by atomic mass is 32.1. The van der Waals surface area contributed by atoms with Gasteiger partial charge in [-0.25, -0.2) is 9.37 Å². The maximum Gasteiger partial charge on any atom is 0.123 e. The molecule has 0 amide bonds. The van der Waals surface area contributed by atoms with Crippen molar-refractivity contribution in [3.8, 4) is 0 Å². The zero-order chi connectivity index (χ0) is 13.9. The fourth-order valence-electron chi connectivity index (χ4n) is 2.31. The summed E-state index contributed by atoms with van der Waals surface area (Å²) in [5.74, 6) is 0.501. The molecule has 1 N–H and O–H groups in total. The smallest absolute Gasteiger partial charge is 0.123 e. The van der Waals surface area contributed by atoms with Crippen LogP contribution < -0.4 is 5.32 Å². The Hall–Kier alpha value is -1.26. The maximum absolute atomic E-state index is 12.9. The van der Waals surface area contributed by atoms with Gasteiger partial charge in [-0.3, -0.25) is 0 Å². The number of rotatable bonds is 6. The van der Waals surface area contributed by atoms with Gasteiger partial charge in [-0.1, -0.05) is 19.1 Å². The second-order valence-electron chi connectivity index (χ2n) is 5.27. The summed E-state index contributed by atoms with van der Waals surface area (Å²) < 4.78 is 12.9. The Balaban J connectivity index is 1.77. The Morgan fingerprint density at radius 2 is 2.05 bits per heavy atom. The lowest BCUT2D eigenvalue weighted by molar-refractivity contribution is 0.627. The van der Waals surface area contributed by atoms with Crippen molar-refractivity contribution in [1.29, 1.82) is 0 Å². The van der Waals surface area contributed by atoms with Crippen molar-refractivity contribution in [2.24, 2.45) is 0 Å². The highest BCUT2D eigenvalue weighted by Gasteiger charge is 2.29. The molecule has 1 heterocycles. The molecule has 2 nitrogen and oxygen atoms in total. The Morgan fingerprint density at radius 1 is 1.30 bits per heavy atom. The first kappa shape index (κ1) is 13.7. The van der Waals surface area contributed by atoms with Gasteiger partial charge in [0, 0.05) is 23.8 Å². The second-order valence-corrected chi connectivity index (χ2v) is 6.44. The van der Waals surface area contributed by atoms with Crippen LogP contribution in [0.25, 0.3) is 0 Å². The summed E-state index contributed by atoms with van der Waals surface area (Å²) in [7, 11) is 0. The van der Waals surface area contributed by atoms with Crippen molar-refractivity contribution in [1.82, 2.24) is 10.3 Å². The monoisotopic (exact) mass is 290 g/mol. The minimum atomic E-state index is -0.181. The van der Waals surface area contributed by atoms with E-state index in [-0.39, 0.29) is 5.82 Å². The van der Waals surface area contributed by atoms with Crippen LogP contribution in [0.15, 0.2) is 24.3 Å². The Labute approximate surface area is 123 Å². The van der Waals surface area contributed by atoms with Crippen LogP contribution >= 0.6 is 11.3 Å². The van der Waals surface area contributed by atoms with Gasteiger partial charge in [0.2, 0.25) is 0 Å². The lowest BCUT2D eigenvalue weighted by Crippen LogP contribution is -2.11. The Bertz CT molecular complexity index is 573. The van der Waals surface area contributed by atoms with Crippen molar-refractivity contribution in [3.63, 3.8) is 0 Å². The molecule has 1 aromatic heterocycles. The summed E-state index contributed by atoms with van der Waals surface area (Å²) in [4.78, 5) is 6.21. The number of aromatic nitrogens is 1. The summed E-state index contributed by atoms with van der Waals surface area (Å²) >= 11 is 1.80. The van der Waals surface area contributed by atoms with Crippen LogP contribution in [0.5, 0.6) is 0 Å². The molecular weight excluding hydrogens is 271 g/mol. The third-order valence-electron chi connectivity index (χ3n) is 3.54. The van der Waals surface area contributed by atoms with E-state index in [4.69, 9.17) is 4.98 Å². The van der Waals surface area contributed by atoms with Gasteiger partial charge in [-0.15, -0.1) is 11.3 Å². The molecule has 20 heavy (non-hydrogen) atoms. The average Bonchev–Trinajstić information content (AvgIpc) is 3.22. The summed E-state index contributed by atoms with van der Waals surface area (Å²) in [6, 6.07) is 6.73. The van der Waals surface area contributed by atoms with E-state index >= 15 is 0 Å². The van der Waals surface area contributed by atoms with Gasteiger partial charge < -0.3 is 5.32 Å². The van der Waals surface area contributed by atoms with Crippen molar-refractivity contribution in [2.45, 2.75) is 38.6 Å². The first-order chi connectivity index (χ1) is 9.76. The molecule has 1 saturated carbocycles. The van der Waals surface area contributed by atoms with E-state index in [9.17, 15) is 4.39 Å². The second kappa shape index (κ2) is 6.02. The van der Waals surface area contributed by atoms with Gasteiger partial charge in [0.05, 0.1) is 10.7 Å². The number of hydrogen-bond acceptors (Lipinski definition) is 3. The predicted molar refractivity (Wildman–Crippen MR) is 80.7 cm³/mol. The molecule has 2 aromatic rings. The largest absolute Gasteiger partial charge is 0.312 e. The minimum absolute atomic E-state index is 0.181. The van der Waals surface area contributed by atoms with Crippen LogP contribution in [0.2, 0.25) is 0 Å². The third kappa shape index (κ3) is 3.25. The first-order valence-electron chi connectivity index (χ1n) is 7.20. The Morgan fingerprint density at radius 3 is 2.70 bits per heavy atom. The molecular formula is C16H19FN2S. The molecule has 0 atom stereocenters. The van der Waals surface area contributed by atoms with Crippen LogP contribution in [0.1, 0.15) is 46.8 Å². The molecule has 4 heteroatoms. The van der Waals surface area contributed by atoms with E-state index in [2.05, 4.69) is 12.2 Å². The molecule has 0 radical (unpaired) electrons. The standard InChI is InChI=1S/C16H19FN2S/c1-2-18-10-14-16(12-5-6-12)19-15(20-14)9-11-3-7-13(17)8-4-11/h3-4,7-8,12,18H,2,5-6,9-10H2,1H3. The van der Waals surface area contributed by atoms with Gasteiger partial charge >= 0.3 is 0 Å². The number of hydrogen-bond donors (Lipinski definition) is 1. The molecule has 1 fully saturated rings. The zero-order valence-electron chi connectivity index (χ0n) is 11.7. The number of nitrogens with zero attached hydrogens (tertiary/aromatic N) is 1. The quantitative estimate of drug-likeness (QED) is 0.874. The van der Waals surface area contributed by atoms with Crippen LogP contribution in [-0.2, 0) is 13.0 Å². The molecule has 1 aliphatic carbocycles. The highest BCUT2D eigenvalue weighted by molar-refractivity contribution is 7.11. The number of halogens is 1. The highest BCUT2D eigenvalue weighted by Crippen LogP contribution is 2.42. The molecule has 1 aromatic carbocycles. The van der Waals surface area contributed by atoms with Crippen LogP contribution in [0.4, 0.5) is 4.39 Å². The van der Waals surface area contributed by atoms with E-state index < -0.39 is 0 Å². The summed E-state index contributed by atoms with van der Waals surface area (Å²) in [5.41, 5.74) is 2.42. The SMILES string of the molecule is CCNCc1sc(Cc2ccc(F)cc2)nc1C1CC1. The fourth-order valence-corrected chi connectivity index (χ4v) is 3.47. The molecule has 106 valence electrons. The first-order valence-corrected chi connectivity index (χ1v) is 8.01. The van der Waals surface area contributed by atoms with E-state index in [1.165, 1.54) is 35.5 Å². The van der Waals surface area contributed by atoms with Crippen LogP contribution in [0, 0.1) is 5.82 Å². The predicted octanol–water partition coefficient (Wildman–Crippen LogP) is 3.86. The fraction of sp³-hybridized carbons (Fsp3) is 0.438. The molecule has 1 aliphatic rings. The lowest BCUT2D eigenvalue weighted by atomic mass is 10.1. The number of benzene rings is 1. The molecule has 0 saturated heterocycles. The van der Waals surface area contributed by atoms with Gasteiger partial charge in [0.15, 0.2) is 0 Å². The van der Waals surface area contributed by atoms with Crippen molar-refractivity contribution < 1.29 is 4.39 Å². The van der Waals surface area contributed by atoms with Crippen LogP contribution in [-0.4, -0.2) is 11.5 Å². The van der Waals surface area contributed by atoms with E-state index in [1.807, 2.05) is 12.1 Å². The molecule has 0 spiro atoms. The molecule has 0 bridgehead atoms. The van der Waals surface area contributed by atoms with Crippen molar-refractivity contribution in [2.75, 3.05) is 6.54 Å². The normalized spacial score (nSPS) is 14.7. The Kier molecular flexibility index (Phi) is 4.13. The van der Waals surface area contributed by atoms with Gasteiger partial charge in [0.25, 0.3) is 0 Å². The lowest BCUT2D eigenvalue weighted by Gasteiger charge is -2.00. The molecule has 0 unspecified atom stereocenters. The van der Waals surface area contributed by atoms with Crippen molar-refractivity contribution >= 4 is 11.3 Å². The zero-order valence-corrected chi connectivity index (χ0v) is 12.5. The molecule has 3 rings (SSSR count). The summed E-state index contributed by atoms with van der Waals surface area (Å²) in [5, 5.41) is 4.54. The van der Waals surface area contributed by atoms with Gasteiger partial charge in [0.1, 0.15) is 5.82 Å². The summed E-state index contributed by atoms with van der Waals surface area (Å²) in [6.07, 6.45) is 3.36. The summed E-state index contributed by atoms with van der Waals surface area (Å²) in [6.45, 7) is 4.02. The number of thiazole rings is 1. The van der Waals surface area contributed by atoms with Crippen LogP contribution in [0.3, 0.4) is 0 Å². The van der Waals surface area contributed by atoms with Gasteiger partial charge in [-0.2, -0.15) is 0 Å². The minimum Gasteiger partial charge on any atom is -0.312 e. The maximum atomic E-state index is 12.9. The van der Waals surface area contributed by atoms with E-state index in [1.54, 1.807) is 11.3 Å². The molecule has 0 aliphatic heterocycles. The van der Waals surface area contributed by atoms with Crippen molar-refractivity contribution in [3.05, 3.63) is 51.2 Å². The van der Waals surface area contributed by atoms with Gasteiger partial charge in [-0.05, 0) is 37.1 Å². The number of nitrogens with one attached hydrogen (secondary N) is 1. The van der Waals surface area contributed by atoms with E-state index in [0.717, 1.165) is 30.1 Å².